The number of hydrogen-bond acceptors (Lipinski definition) is 4. The summed E-state index contributed by atoms with van der Waals surface area (Å²) < 4.78 is 0. The van der Waals surface area contributed by atoms with Gasteiger partial charge in [0.15, 0.2) is 0 Å². The molecular formula is C18H24N2O2S. The van der Waals surface area contributed by atoms with E-state index in [0.29, 0.717) is 5.75 Å². The number of rotatable bonds is 6. The topological polar surface area (TPSA) is 73.1 Å². The SMILES string of the molecule is C[C@H](SC[C@@H](O)c1ccccc1)C(=O)NC1(C#N)CCCCC1. The molecule has 0 aliphatic heterocycles. The lowest BCUT2D eigenvalue weighted by Crippen LogP contribution is -2.51. The van der Waals surface area contributed by atoms with E-state index in [9.17, 15) is 15.2 Å². The number of thioether (sulfide) groups is 1. The molecule has 1 aliphatic carbocycles. The maximum absolute atomic E-state index is 12.4. The molecule has 0 heterocycles. The van der Waals surface area contributed by atoms with Crippen molar-refractivity contribution >= 4 is 17.7 Å². The van der Waals surface area contributed by atoms with Crippen molar-refractivity contribution in [1.29, 1.82) is 5.26 Å². The molecule has 2 atom stereocenters. The Kier molecular flexibility index (Phi) is 6.49. The van der Waals surface area contributed by atoms with Crippen molar-refractivity contribution in [2.45, 2.75) is 55.9 Å². The number of benzene rings is 1. The Balaban J connectivity index is 1.84. The fourth-order valence-corrected chi connectivity index (χ4v) is 3.71. The van der Waals surface area contributed by atoms with Gasteiger partial charge in [0, 0.05) is 5.75 Å². The van der Waals surface area contributed by atoms with Gasteiger partial charge in [0.25, 0.3) is 0 Å². The van der Waals surface area contributed by atoms with Crippen LogP contribution in [0.4, 0.5) is 0 Å². The van der Waals surface area contributed by atoms with Gasteiger partial charge in [-0.05, 0) is 25.3 Å². The first-order valence-electron chi connectivity index (χ1n) is 8.14. The van der Waals surface area contributed by atoms with Crippen LogP contribution in [0.3, 0.4) is 0 Å². The van der Waals surface area contributed by atoms with Gasteiger partial charge in [-0.3, -0.25) is 4.79 Å². The summed E-state index contributed by atoms with van der Waals surface area (Å²) in [7, 11) is 0. The minimum absolute atomic E-state index is 0.112. The van der Waals surface area contributed by atoms with E-state index < -0.39 is 11.6 Å². The molecule has 0 bridgehead atoms. The van der Waals surface area contributed by atoms with Crippen LogP contribution in [-0.2, 0) is 4.79 Å². The Morgan fingerprint density at radius 2 is 2.00 bits per heavy atom. The van der Waals surface area contributed by atoms with Gasteiger partial charge in [-0.25, -0.2) is 0 Å². The third kappa shape index (κ3) is 4.98. The second kappa shape index (κ2) is 8.37. The molecule has 1 aromatic rings. The number of nitriles is 1. The van der Waals surface area contributed by atoms with Crippen molar-refractivity contribution in [3.8, 4) is 6.07 Å². The van der Waals surface area contributed by atoms with Crippen LogP contribution in [0.1, 0.15) is 50.7 Å². The van der Waals surface area contributed by atoms with Gasteiger partial charge in [-0.2, -0.15) is 5.26 Å². The van der Waals surface area contributed by atoms with E-state index >= 15 is 0 Å². The summed E-state index contributed by atoms with van der Waals surface area (Å²) in [6.07, 6.45) is 3.99. The Morgan fingerprint density at radius 1 is 1.35 bits per heavy atom. The molecule has 0 spiro atoms. The molecule has 0 aromatic heterocycles. The lowest BCUT2D eigenvalue weighted by molar-refractivity contribution is -0.121. The van der Waals surface area contributed by atoms with Crippen molar-refractivity contribution < 1.29 is 9.90 Å². The zero-order valence-electron chi connectivity index (χ0n) is 13.5. The molecule has 0 radical (unpaired) electrons. The van der Waals surface area contributed by atoms with Crippen molar-refractivity contribution in [1.82, 2.24) is 5.32 Å². The highest BCUT2D eigenvalue weighted by molar-refractivity contribution is 8.00. The van der Waals surface area contributed by atoms with Gasteiger partial charge in [-0.1, -0.05) is 49.6 Å². The normalized spacial score (nSPS) is 19.3. The van der Waals surface area contributed by atoms with Crippen molar-refractivity contribution in [2.75, 3.05) is 5.75 Å². The first-order valence-corrected chi connectivity index (χ1v) is 9.19. The van der Waals surface area contributed by atoms with Crippen LogP contribution in [0.25, 0.3) is 0 Å². The monoisotopic (exact) mass is 332 g/mol. The molecule has 1 aromatic carbocycles. The van der Waals surface area contributed by atoms with Crippen LogP contribution in [0.5, 0.6) is 0 Å². The second-order valence-corrected chi connectivity index (χ2v) is 7.52. The van der Waals surface area contributed by atoms with E-state index in [0.717, 1.165) is 37.7 Å². The van der Waals surface area contributed by atoms with Gasteiger partial charge < -0.3 is 10.4 Å². The first-order chi connectivity index (χ1) is 11.1. The zero-order valence-corrected chi connectivity index (χ0v) is 14.3. The lowest BCUT2D eigenvalue weighted by atomic mass is 9.83. The molecule has 1 aliphatic rings. The fourth-order valence-electron chi connectivity index (χ4n) is 2.84. The molecule has 1 saturated carbocycles. The summed E-state index contributed by atoms with van der Waals surface area (Å²) in [5.41, 5.74) is 0.163. The largest absolute Gasteiger partial charge is 0.388 e. The Hall–Kier alpha value is -1.51. The van der Waals surface area contributed by atoms with Crippen LogP contribution in [0, 0.1) is 11.3 Å². The van der Waals surface area contributed by atoms with E-state index in [1.807, 2.05) is 37.3 Å². The summed E-state index contributed by atoms with van der Waals surface area (Å²) in [4.78, 5) is 12.4. The highest BCUT2D eigenvalue weighted by Gasteiger charge is 2.34. The molecule has 0 unspecified atom stereocenters. The van der Waals surface area contributed by atoms with Gasteiger partial charge in [0.1, 0.15) is 5.54 Å². The number of amides is 1. The predicted molar refractivity (Wildman–Crippen MR) is 92.9 cm³/mol. The van der Waals surface area contributed by atoms with Crippen LogP contribution in [0.15, 0.2) is 30.3 Å². The summed E-state index contributed by atoms with van der Waals surface area (Å²) in [6.45, 7) is 1.83. The molecule has 124 valence electrons. The smallest absolute Gasteiger partial charge is 0.234 e. The highest BCUT2D eigenvalue weighted by Crippen LogP contribution is 2.28. The van der Waals surface area contributed by atoms with Crippen LogP contribution < -0.4 is 5.32 Å². The summed E-state index contributed by atoms with van der Waals surface area (Å²) in [5, 5.41) is 22.2. The molecule has 23 heavy (non-hydrogen) atoms. The van der Waals surface area contributed by atoms with Crippen molar-refractivity contribution in [3.63, 3.8) is 0 Å². The molecule has 2 N–H and O–H groups in total. The number of nitrogens with zero attached hydrogens (tertiary/aromatic N) is 1. The predicted octanol–water partition coefficient (Wildman–Crippen LogP) is 3.18. The second-order valence-electron chi connectivity index (χ2n) is 6.15. The first kappa shape index (κ1) is 17.8. The standard InChI is InChI=1S/C18H24N2O2S/c1-14(23-12-16(21)15-8-4-2-5-9-15)17(22)20-18(13-19)10-6-3-7-11-18/h2,4-5,8-9,14,16,21H,3,6-7,10-12H2,1H3,(H,20,22)/t14-,16+/m0/s1. The average molecular weight is 332 g/mol. The van der Waals surface area contributed by atoms with Gasteiger partial charge in [-0.15, -0.1) is 11.8 Å². The highest BCUT2D eigenvalue weighted by atomic mass is 32.2. The van der Waals surface area contributed by atoms with Crippen molar-refractivity contribution in [3.05, 3.63) is 35.9 Å². The van der Waals surface area contributed by atoms with E-state index in [1.165, 1.54) is 11.8 Å². The molecule has 1 fully saturated rings. The van der Waals surface area contributed by atoms with Gasteiger partial charge >= 0.3 is 0 Å². The summed E-state index contributed by atoms with van der Waals surface area (Å²) in [5.74, 6) is 0.344. The Bertz CT molecular complexity index is 550. The number of hydrogen-bond donors (Lipinski definition) is 2. The van der Waals surface area contributed by atoms with Crippen LogP contribution in [0.2, 0.25) is 0 Å². The Labute approximate surface area is 142 Å². The fraction of sp³-hybridized carbons (Fsp3) is 0.556. The minimum Gasteiger partial charge on any atom is -0.388 e. The average Bonchev–Trinajstić information content (AvgIpc) is 2.60. The molecule has 4 nitrogen and oxygen atoms in total. The maximum Gasteiger partial charge on any atom is 0.234 e. The van der Waals surface area contributed by atoms with Crippen molar-refractivity contribution in [2.24, 2.45) is 0 Å². The van der Waals surface area contributed by atoms with Crippen LogP contribution in [-0.4, -0.2) is 27.6 Å². The molecular weight excluding hydrogens is 308 g/mol. The number of aliphatic hydroxyl groups is 1. The zero-order chi connectivity index (χ0) is 16.7. The number of carbonyl (C=O) groups is 1. The minimum atomic E-state index is -0.692. The van der Waals surface area contributed by atoms with E-state index in [1.54, 1.807) is 0 Å². The molecule has 1 amide bonds. The van der Waals surface area contributed by atoms with E-state index in [4.69, 9.17) is 0 Å². The quantitative estimate of drug-likeness (QED) is 0.839. The molecule has 5 heteroatoms. The number of nitrogens with one attached hydrogen (secondary N) is 1. The molecule has 0 saturated heterocycles. The Morgan fingerprint density at radius 3 is 2.61 bits per heavy atom. The number of carbonyl (C=O) groups excluding carboxylic acids is 1. The third-order valence-corrected chi connectivity index (χ3v) is 5.56. The summed E-state index contributed by atoms with van der Waals surface area (Å²) in [6, 6.07) is 11.7. The lowest BCUT2D eigenvalue weighted by Gasteiger charge is -2.32. The van der Waals surface area contributed by atoms with E-state index in [2.05, 4.69) is 11.4 Å². The maximum atomic E-state index is 12.4. The number of aliphatic hydroxyl groups excluding tert-OH is 1. The van der Waals surface area contributed by atoms with Gasteiger partial charge in [0.05, 0.1) is 17.4 Å². The third-order valence-electron chi connectivity index (χ3n) is 4.34. The van der Waals surface area contributed by atoms with Crippen LogP contribution >= 0.6 is 11.8 Å². The molecule has 2 rings (SSSR count). The summed E-state index contributed by atoms with van der Waals surface area (Å²) >= 11 is 1.41. The van der Waals surface area contributed by atoms with E-state index in [-0.39, 0.29) is 11.2 Å². The van der Waals surface area contributed by atoms with Gasteiger partial charge in [0.2, 0.25) is 5.91 Å².